The molecule has 1 fully saturated rings. The van der Waals surface area contributed by atoms with Gasteiger partial charge in [-0.25, -0.2) is 4.39 Å². The molecule has 0 aromatic heterocycles. The third-order valence-corrected chi connectivity index (χ3v) is 4.36. The van der Waals surface area contributed by atoms with Crippen LogP contribution in [0.15, 0.2) is 24.3 Å². The maximum absolute atomic E-state index is 13.2. The Kier molecular flexibility index (Phi) is 7.65. The smallest absolute Gasteiger partial charge is 0.220 e. The highest BCUT2D eigenvalue weighted by atomic mass is 35.5. The molecular weight excluding hydrogens is 319 g/mol. The van der Waals surface area contributed by atoms with Gasteiger partial charge in [0, 0.05) is 23.9 Å². The molecule has 0 spiro atoms. The normalized spacial score (nSPS) is 21.3. The van der Waals surface area contributed by atoms with Crippen molar-refractivity contribution in [2.75, 3.05) is 6.54 Å². The van der Waals surface area contributed by atoms with Crippen molar-refractivity contribution in [2.45, 2.75) is 38.6 Å². The molecule has 0 bridgehead atoms. The Morgan fingerprint density at radius 1 is 1.39 bits per heavy atom. The fourth-order valence-electron chi connectivity index (χ4n) is 3.07. The summed E-state index contributed by atoms with van der Waals surface area (Å²) in [7, 11) is 0. The number of hydrogen-bond donors (Lipinski definition) is 2. The fraction of sp³-hybridized carbons (Fsp3) is 0.529. The lowest BCUT2D eigenvalue weighted by Gasteiger charge is -2.20. The SMILES string of the molecule is CC(CC(=O)NC1CCCC1CN)C(=O)c1cccc(F)c1.Cl. The van der Waals surface area contributed by atoms with Crippen LogP contribution >= 0.6 is 12.4 Å². The quantitative estimate of drug-likeness (QED) is 0.781. The van der Waals surface area contributed by atoms with Gasteiger partial charge in [0.15, 0.2) is 5.78 Å². The molecule has 4 nitrogen and oxygen atoms in total. The van der Waals surface area contributed by atoms with Crippen molar-refractivity contribution in [1.29, 1.82) is 0 Å². The van der Waals surface area contributed by atoms with E-state index in [0.717, 1.165) is 19.3 Å². The molecule has 3 atom stereocenters. The summed E-state index contributed by atoms with van der Waals surface area (Å²) < 4.78 is 13.2. The number of carbonyl (C=O) groups excluding carboxylic acids is 2. The van der Waals surface area contributed by atoms with Crippen LogP contribution in [0.4, 0.5) is 4.39 Å². The van der Waals surface area contributed by atoms with Crippen molar-refractivity contribution in [1.82, 2.24) is 5.32 Å². The third-order valence-electron chi connectivity index (χ3n) is 4.36. The second-order valence-corrected chi connectivity index (χ2v) is 6.08. The zero-order valence-corrected chi connectivity index (χ0v) is 14.1. The van der Waals surface area contributed by atoms with Gasteiger partial charge in [-0.2, -0.15) is 0 Å². The minimum Gasteiger partial charge on any atom is -0.353 e. The van der Waals surface area contributed by atoms with E-state index in [1.165, 1.54) is 18.2 Å². The van der Waals surface area contributed by atoms with Crippen LogP contribution in [0.5, 0.6) is 0 Å². The van der Waals surface area contributed by atoms with Gasteiger partial charge in [-0.1, -0.05) is 25.5 Å². The second-order valence-electron chi connectivity index (χ2n) is 6.08. The van der Waals surface area contributed by atoms with E-state index in [4.69, 9.17) is 5.73 Å². The van der Waals surface area contributed by atoms with Crippen LogP contribution < -0.4 is 11.1 Å². The monoisotopic (exact) mass is 342 g/mol. The maximum atomic E-state index is 13.2. The topological polar surface area (TPSA) is 72.2 Å². The summed E-state index contributed by atoms with van der Waals surface area (Å²) in [5, 5.41) is 2.98. The molecule has 1 aliphatic rings. The van der Waals surface area contributed by atoms with E-state index in [1.54, 1.807) is 13.0 Å². The molecule has 1 aromatic rings. The molecule has 3 N–H and O–H groups in total. The summed E-state index contributed by atoms with van der Waals surface area (Å²) in [5.74, 6) is -0.934. The fourth-order valence-corrected chi connectivity index (χ4v) is 3.07. The van der Waals surface area contributed by atoms with E-state index in [-0.39, 0.29) is 36.6 Å². The molecule has 1 amide bonds. The predicted octanol–water partition coefficient (Wildman–Crippen LogP) is 2.70. The molecular formula is C17H24ClFN2O2. The number of nitrogens with two attached hydrogens (primary N) is 1. The van der Waals surface area contributed by atoms with Gasteiger partial charge in [0.25, 0.3) is 0 Å². The van der Waals surface area contributed by atoms with E-state index >= 15 is 0 Å². The number of carbonyl (C=O) groups is 2. The maximum Gasteiger partial charge on any atom is 0.220 e. The Morgan fingerprint density at radius 2 is 2.13 bits per heavy atom. The van der Waals surface area contributed by atoms with Gasteiger partial charge in [0.05, 0.1) is 0 Å². The zero-order valence-electron chi connectivity index (χ0n) is 13.3. The van der Waals surface area contributed by atoms with Crippen LogP contribution in [0.3, 0.4) is 0 Å². The van der Waals surface area contributed by atoms with Gasteiger partial charge in [-0.15, -0.1) is 12.4 Å². The van der Waals surface area contributed by atoms with Crippen LogP contribution in [0.1, 0.15) is 43.0 Å². The van der Waals surface area contributed by atoms with E-state index < -0.39 is 11.7 Å². The van der Waals surface area contributed by atoms with Gasteiger partial charge in [0.2, 0.25) is 5.91 Å². The first-order chi connectivity index (χ1) is 10.5. The number of benzene rings is 1. The number of amides is 1. The Bertz CT molecular complexity index is 553. The number of hydrogen-bond acceptors (Lipinski definition) is 3. The average molecular weight is 343 g/mol. The lowest BCUT2D eigenvalue weighted by molar-refractivity contribution is -0.122. The summed E-state index contributed by atoms with van der Waals surface area (Å²) in [4.78, 5) is 24.3. The minimum atomic E-state index is -0.473. The van der Waals surface area contributed by atoms with Crippen molar-refractivity contribution in [2.24, 2.45) is 17.6 Å². The van der Waals surface area contributed by atoms with E-state index in [1.807, 2.05) is 0 Å². The van der Waals surface area contributed by atoms with Crippen molar-refractivity contribution >= 4 is 24.1 Å². The van der Waals surface area contributed by atoms with Gasteiger partial charge < -0.3 is 11.1 Å². The summed E-state index contributed by atoms with van der Waals surface area (Å²) in [6.07, 6.45) is 3.17. The lowest BCUT2D eigenvalue weighted by Crippen LogP contribution is -2.40. The summed E-state index contributed by atoms with van der Waals surface area (Å²) >= 11 is 0. The molecule has 1 saturated carbocycles. The summed E-state index contributed by atoms with van der Waals surface area (Å²) in [5.41, 5.74) is 6.01. The molecule has 1 aromatic carbocycles. The molecule has 2 rings (SSSR count). The first-order valence-corrected chi connectivity index (χ1v) is 7.80. The van der Waals surface area contributed by atoms with Gasteiger partial charge in [-0.05, 0) is 37.4 Å². The molecule has 23 heavy (non-hydrogen) atoms. The van der Waals surface area contributed by atoms with Gasteiger partial charge in [-0.3, -0.25) is 9.59 Å². The van der Waals surface area contributed by atoms with Crippen LogP contribution in [0, 0.1) is 17.7 Å². The summed E-state index contributed by atoms with van der Waals surface area (Å²) in [6.45, 7) is 2.27. The van der Waals surface area contributed by atoms with E-state index in [2.05, 4.69) is 5.32 Å². The van der Waals surface area contributed by atoms with Crippen LogP contribution in [0.2, 0.25) is 0 Å². The number of nitrogens with one attached hydrogen (secondary N) is 1. The van der Waals surface area contributed by atoms with Gasteiger partial charge in [0.1, 0.15) is 5.82 Å². The van der Waals surface area contributed by atoms with E-state index in [0.29, 0.717) is 18.0 Å². The first-order valence-electron chi connectivity index (χ1n) is 7.80. The second kappa shape index (κ2) is 8.99. The number of halogens is 2. The van der Waals surface area contributed by atoms with Crippen molar-refractivity contribution in [3.05, 3.63) is 35.6 Å². The summed E-state index contributed by atoms with van der Waals surface area (Å²) in [6, 6.07) is 5.69. The highest BCUT2D eigenvalue weighted by molar-refractivity contribution is 5.99. The molecule has 1 aliphatic carbocycles. The van der Waals surface area contributed by atoms with Crippen LogP contribution in [-0.4, -0.2) is 24.3 Å². The van der Waals surface area contributed by atoms with Crippen LogP contribution in [-0.2, 0) is 4.79 Å². The largest absolute Gasteiger partial charge is 0.353 e. The van der Waals surface area contributed by atoms with E-state index in [9.17, 15) is 14.0 Å². The molecule has 3 unspecified atom stereocenters. The highest BCUT2D eigenvalue weighted by Crippen LogP contribution is 2.25. The third kappa shape index (κ3) is 5.29. The molecule has 0 saturated heterocycles. The lowest BCUT2D eigenvalue weighted by atomic mass is 9.95. The Morgan fingerprint density at radius 3 is 2.78 bits per heavy atom. The average Bonchev–Trinajstić information content (AvgIpc) is 2.93. The number of rotatable bonds is 6. The molecule has 6 heteroatoms. The molecule has 0 radical (unpaired) electrons. The Labute approximate surface area is 142 Å². The number of ketones is 1. The first kappa shape index (κ1) is 19.6. The molecule has 0 aliphatic heterocycles. The Hall–Kier alpha value is -1.46. The van der Waals surface area contributed by atoms with Crippen molar-refractivity contribution in [3.8, 4) is 0 Å². The highest BCUT2D eigenvalue weighted by Gasteiger charge is 2.28. The molecule has 0 heterocycles. The van der Waals surface area contributed by atoms with Crippen molar-refractivity contribution in [3.63, 3.8) is 0 Å². The minimum absolute atomic E-state index is 0. The zero-order chi connectivity index (χ0) is 16.1. The standard InChI is InChI=1S/C17H23FN2O2.ClH/c1-11(17(22)12-4-2-6-14(18)9-12)8-16(21)20-15-7-3-5-13(15)10-19;/h2,4,6,9,11,13,15H,3,5,7-8,10,19H2,1H3,(H,20,21);1H. The van der Waals surface area contributed by atoms with Gasteiger partial charge >= 0.3 is 0 Å². The predicted molar refractivity (Wildman–Crippen MR) is 90.1 cm³/mol. The van der Waals surface area contributed by atoms with Crippen LogP contribution in [0.25, 0.3) is 0 Å². The number of Topliss-reactive ketones (excluding diaryl/α,β-unsaturated/α-hetero) is 1. The van der Waals surface area contributed by atoms with Crippen molar-refractivity contribution < 1.29 is 14.0 Å². The molecule has 128 valence electrons. The Balaban J connectivity index is 0.00000264.